The maximum atomic E-state index is 12.6. The first-order chi connectivity index (χ1) is 12.2. The third-order valence-corrected chi connectivity index (χ3v) is 4.74. The maximum absolute atomic E-state index is 12.6. The highest BCUT2D eigenvalue weighted by Crippen LogP contribution is 2.20. The van der Waals surface area contributed by atoms with Crippen molar-refractivity contribution in [3.05, 3.63) is 71.5 Å². The van der Waals surface area contributed by atoms with Crippen LogP contribution in [0.2, 0.25) is 5.02 Å². The summed E-state index contributed by atoms with van der Waals surface area (Å²) in [7, 11) is 0. The van der Waals surface area contributed by atoms with E-state index in [9.17, 15) is 4.79 Å². The van der Waals surface area contributed by atoms with Gasteiger partial charge in [0.25, 0.3) is 0 Å². The summed E-state index contributed by atoms with van der Waals surface area (Å²) >= 11 is 7.53. The molecule has 1 heterocycles. The number of rotatable bonds is 7. The first-order valence-corrected chi connectivity index (χ1v) is 9.04. The third kappa shape index (κ3) is 4.80. The zero-order chi connectivity index (χ0) is 17.5. The van der Waals surface area contributed by atoms with Gasteiger partial charge in [0.05, 0.1) is 0 Å². The monoisotopic (exact) mass is 373 g/mol. The molecule has 25 heavy (non-hydrogen) atoms. The Bertz CT molecular complexity index is 796. The molecule has 0 bridgehead atoms. The Morgan fingerprint density at radius 1 is 1.16 bits per heavy atom. The van der Waals surface area contributed by atoms with Crippen LogP contribution in [0.1, 0.15) is 11.6 Å². The van der Waals surface area contributed by atoms with Crippen LogP contribution in [-0.4, -0.2) is 38.4 Å². The van der Waals surface area contributed by atoms with E-state index < -0.39 is 6.04 Å². The molecule has 0 fully saturated rings. The Morgan fingerprint density at radius 2 is 1.92 bits per heavy atom. The lowest BCUT2D eigenvalue weighted by molar-refractivity contribution is -0.123. The largest absolute Gasteiger partial charge is 0.353 e. The van der Waals surface area contributed by atoms with E-state index in [1.807, 2.05) is 54.6 Å². The zero-order valence-electron chi connectivity index (χ0n) is 13.2. The Labute approximate surface area is 154 Å². The van der Waals surface area contributed by atoms with Crippen LogP contribution in [0.4, 0.5) is 0 Å². The number of hydrogen-bond donors (Lipinski definition) is 1. The fourth-order valence-electron chi connectivity index (χ4n) is 2.32. The van der Waals surface area contributed by atoms with Crippen molar-refractivity contribution in [1.29, 1.82) is 0 Å². The van der Waals surface area contributed by atoms with Gasteiger partial charge in [-0.2, -0.15) is 0 Å². The minimum Gasteiger partial charge on any atom is -0.353 e. The van der Waals surface area contributed by atoms with Gasteiger partial charge in [0.2, 0.25) is 5.91 Å². The number of carbonyl (C=O) groups is 1. The van der Waals surface area contributed by atoms with Crippen molar-refractivity contribution < 1.29 is 4.79 Å². The summed E-state index contributed by atoms with van der Waals surface area (Å²) in [5.74, 6) is 0.611. The highest BCUT2D eigenvalue weighted by molar-refractivity contribution is 7.99. The van der Waals surface area contributed by atoms with Crippen molar-refractivity contribution >= 4 is 29.3 Å². The van der Waals surface area contributed by atoms with Gasteiger partial charge in [-0.05, 0) is 40.3 Å². The van der Waals surface area contributed by atoms with E-state index in [1.54, 1.807) is 11.8 Å². The van der Waals surface area contributed by atoms with E-state index in [2.05, 4.69) is 20.8 Å². The summed E-state index contributed by atoms with van der Waals surface area (Å²) in [6.45, 7) is 0.539. The summed E-state index contributed by atoms with van der Waals surface area (Å²) in [5, 5.41) is 14.8. The van der Waals surface area contributed by atoms with Gasteiger partial charge in [-0.3, -0.25) is 4.79 Å². The van der Waals surface area contributed by atoms with Crippen LogP contribution < -0.4 is 5.32 Å². The molecular formula is C17H16ClN5OS. The predicted octanol–water partition coefficient (Wildman–Crippen LogP) is 2.82. The standard InChI is InChI=1S/C17H16ClN5OS/c18-14-6-8-15(9-7-14)25-11-10-19-17(24)16(23-12-20-21-22-23)13-4-2-1-3-5-13/h1-9,12,16H,10-11H2,(H,19,24)/t16-/m0/s1. The Morgan fingerprint density at radius 3 is 2.60 bits per heavy atom. The number of benzene rings is 2. The van der Waals surface area contributed by atoms with Crippen LogP contribution in [-0.2, 0) is 4.79 Å². The Hall–Kier alpha value is -2.38. The fraction of sp³-hybridized carbons (Fsp3) is 0.176. The Balaban J connectivity index is 1.58. The van der Waals surface area contributed by atoms with E-state index in [0.29, 0.717) is 11.6 Å². The number of aromatic nitrogens is 4. The smallest absolute Gasteiger partial charge is 0.249 e. The molecule has 1 amide bonds. The molecule has 3 rings (SSSR count). The number of carbonyl (C=O) groups excluding carboxylic acids is 1. The predicted molar refractivity (Wildman–Crippen MR) is 97.6 cm³/mol. The quantitative estimate of drug-likeness (QED) is 0.509. The highest BCUT2D eigenvalue weighted by atomic mass is 35.5. The second kappa shape index (κ2) is 8.64. The van der Waals surface area contributed by atoms with Crippen LogP contribution in [0.3, 0.4) is 0 Å². The van der Waals surface area contributed by atoms with Crippen LogP contribution in [0.15, 0.2) is 65.8 Å². The molecule has 2 aromatic carbocycles. The summed E-state index contributed by atoms with van der Waals surface area (Å²) in [4.78, 5) is 13.8. The van der Waals surface area contributed by atoms with Gasteiger partial charge < -0.3 is 5.32 Å². The average molecular weight is 374 g/mol. The normalized spacial score (nSPS) is 11.9. The molecule has 0 unspecified atom stereocenters. The van der Waals surface area contributed by atoms with E-state index in [1.165, 1.54) is 11.0 Å². The number of amides is 1. The lowest BCUT2D eigenvalue weighted by Gasteiger charge is -2.16. The molecule has 0 aliphatic heterocycles. The summed E-state index contributed by atoms with van der Waals surface area (Å²) in [6.07, 6.45) is 1.44. The van der Waals surface area contributed by atoms with Crippen molar-refractivity contribution in [3.8, 4) is 0 Å². The third-order valence-electron chi connectivity index (χ3n) is 3.48. The summed E-state index contributed by atoms with van der Waals surface area (Å²) in [6, 6.07) is 16.5. The van der Waals surface area contributed by atoms with Gasteiger partial charge in [-0.15, -0.1) is 16.9 Å². The molecule has 1 aromatic heterocycles. The molecule has 0 saturated carbocycles. The van der Waals surface area contributed by atoms with Crippen molar-refractivity contribution in [3.63, 3.8) is 0 Å². The van der Waals surface area contributed by atoms with E-state index in [-0.39, 0.29) is 5.91 Å². The van der Waals surface area contributed by atoms with Crippen molar-refractivity contribution in [2.45, 2.75) is 10.9 Å². The first-order valence-electron chi connectivity index (χ1n) is 7.67. The number of tetrazole rings is 1. The Kier molecular flexibility index (Phi) is 6.03. The lowest BCUT2D eigenvalue weighted by Crippen LogP contribution is -2.35. The van der Waals surface area contributed by atoms with Gasteiger partial charge in [0.1, 0.15) is 6.33 Å². The van der Waals surface area contributed by atoms with E-state index in [4.69, 9.17) is 11.6 Å². The molecule has 0 saturated heterocycles. The van der Waals surface area contributed by atoms with Crippen LogP contribution in [0.5, 0.6) is 0 Å². The molecule has 3 aromatic rings. The minimum atomic E-state index is -0.586. The van der Waals surface area contributed by atoms with E-state index >= 15 is 0 Å². The van der Waals surface area contributed by atoms with Crippen LogP contribution in [0.25, 0.3) is 0 Å². The molecule has 0 aliphatic rings. The molecule has 1 N–H and O–H groups in total. The minimum absolute atomic E-state index is 0.143. The maximum Gasteiger partial charge on any atom is 0.249 e. The molecule has 0 spiro atoms. The molecule has 8 heteroatoms. The second-order valence-electron chi connectivity index (χ2n) is 5.20. The summed E-state index contributed by atoms with van der Waals surface area (Å²) in [5.41, 5.74) is 0.831. The summed E-state index contributed by atoms with van der Waals surface area (Å²) < 4.78 is 1.46. The van der Waals surface area contributed by atoms with Gasteiger partial charge in [0.15, 0.2) is 6.04 Å². The van der Waals surface area contributed by atoms with Gasteiger partial charge in [0, 0.05) is 22.2 Å². The van der Waals surface area contributed by atoms with E-state index in [0.717, 1.165) is 16.2 Å². The number of halogens is 1. The molecular weight excluding hydrogens is 358 g/mol. The van der Waals surface area contributed by atoms with Crippen LogP contribution in [0, 0.1) is 0 Å². The van der Waals surface area contributed by atoms with Crippen LogP contribution >= 0.6 is 23.4 Å². The average Bonchev–Trinajstić information content (AvgIpc) is 3.15. The molecule has 0 aliphatic carbocycles. The van der Waals surface area contributed by atoms with Gasteiger partial charge >= 0.3 is 0 Å². The number of nitrogens with one attached hydrogen (secondary N) is 1. The van der Waals surface area contributed by atoms with Crippen molar-refractivity contribution in [2.24, 2.45) is 0 Å². The lowest BCUT2D eigenvalue weighted by atomic mass is 10.1. The SMILES string of the molecule is O=C(NCCSc1ccc(Cl)cc1)[C@H](c1ccccc1)n1cnnn1. The molecule has 6 nitrogen and oxygen atoms in total. The highest BCUT2D eigenvalue weighted by Gasteiger charge is 2.23. The van der Waals surface area contributed by atoms with Crippen molar-refractivity contribution in [1.82, 2.24) is 25.5 Å². The van der Waals surface area contributed by atoms with Gasteiger partial charge in [-0.1, -0.05) is 41.9 Å². The number of hydrogen-bond acceptors (Lipinski definition) is 5. The molecule has 0 radical (unpaired) electrons. The molecule has 1 atom stereocenters. The number of thioether (sulfide) groups is 1. The topological polar surface area (TPSA) is 72.7 Å². The zero-order valence-corrected chi connectivity index (χ0v) is 14.8. The van der Waals surface area contributed by atoms with Crippen molar-refractivity contribution in [2.75, 3.05) is 12.3 Å². The van der Waals surface area contributed by atoms with Gasteiger partial charge in [-0.25, -0.2) is 4.68 Å². The number of nitrogens with zero attached hydrogens (tertiary/aromatic N) is 4. The second-order valence-corrected chi connectivity index (χ2v) is 6.80. The molecule has 128 valence electrons. The fourth-order valence-corrected chi connectivity index (χ4v) is 3.21. The first kappa shape index (κ1) is 17.4.